The van der Waals surface area contributed by atoms with Gasteiger partial charge in [-0.2, -0.15) is 13.2 Å². The van der Waals surface area contributed by atoms with Crippen molar-refractivity contribution in [2.75, 3.05) is 53.6 Å². The number of likely N-dealkylation sites (N-methyl/N-ethyl adjacent to an activating group) is 1. The number of carbonyl (C=O) groups is 5. The number of nitrogens with zero attached hydrogens (tertiary/aromatic N) is 7. The number of aromatic nitrogens is 3. The number of ether oxygens (including phenoxy) is 3. The molecule has 0 aliphatic carbocycles. The second-order valence-corrected chi connectivity index (χ2v) is 20.9. The molecule has 5 amide bonds. The smallest absolute Gasteiger partial charge is 0.406 e. The number of pyridine rings is 2. The molecule has 4 aromatic rings. The van der Waals surface area contributed by atoms with Crippen LogP contribution in [0.15, 0.2) is 61.3 Å². The Kier molecular flexibility index (Phi) is 16.0. The predicted molar refractivity (Wildman–Crippen MR) is 266 cm³/mol. The summed E-state index contributed by atoms with van der Waals surface area (Å²) in [5, 5.41) is 4.36. The molecule has 6 bridgehead atoms. The Bertz CT molecular complexity index is 2840. The summed E-state index contributed by atoms with van der Waals surface area (Å²) in [7, 11) is 2.92. The second-order valence-electron chi connectivity index (χ2n) is 20.9. The van der Waals surface area contributed by atoms with E-state index in [4.69, 9.17) is 19.2 Å². The van der Waals surface area contributed by atoms with Crippen LogP contribution in [-0.4, -0.2) is 154 Å². The fraction of sp³-hybridized carbons (Fsp3) is 0.528. The van der Waals surface area contributed by atoms with E-state index in [1.807, 2.05) is 0 Å². The molecule has 3 fully saturated rings. The van der Waals surface area contributed by atoms with Gasteiger partial charge in [-0.15, -0.1) is 0 Å². The topological polar surface area (TPSA) is 181 Å². The lowest BCUT2D eigenvalue weighted by Gasteiger charge is -2.37. The number of amides is 5. The van der Waals surface area contributed by atoms with Crippen molar-refractivity contribution < 1.29 is 60.1 Å². The number of benzene rings is 1. The van der Waals surface area contributed by atoms with Crippen molar-refractivity contribution in [2.45, 2.75) is 116 Å². The van der Waals surface area contributed by atoms with Gasteiger partial charge in [0.2, 0.25) is 11.8 Å². The van der Waals surface area contributed by atoms with Gasteiger partial charge in [0, 0.05) is 85.1 Å². The van der Waals surface area contributed by atoms with Crippen molar-refractivity contribution in [3.63, 3.8) is 0 Å². The molecule has 4 aliphatic rings. The van der Waals surface area contributed by atoms with Gasteiger partial charge in [-0.1, -0.05) is 40.3 Å². The van der Waals surface area contributed by atoms with Gasteiger partial charge in [-0.25, -0.2) is 19.0 Å². The van der Waals surface area contributed by atoms with E-state index < -0.39 is 103 Å². The average molecular weight is 1050 g/mol. The number of cyclic esters (lactones) is 1. The number of carbonyl (C=O) groups excluding carboxylic acids is 5. The Morgan fingerprint density at radius 2 is 1.84 bits per heavy atom. The number of nitrogens with one attached hydrogen (secondary N) is 2. The summed E-state index contributed by atoms with van der Waals surface area (Å²) < 4.78 is 93.1. The standard InChI is InChI=1S/C53H64F5N9O8/c1-9-43(68)65-18-19-74-42-26-64(25-41(42)65)51(72)63(7)45(29(2)3)48(69)61-39-23-33-20-32(47(54)55)22-38(60-33)31-14-15-40-35(21-31)36(24-52(5,6)28-75-50(71)37-13-11-17-67(62-37)49(39)70)46(66(40)27-53(56,57)58)34-12-10-16-59-44(34)30(4)73-8/h9-10,12,14-16,20-22,29-30,37,39,41-42,45,47,62H,1,11,13,17-19,23-28H2,2-8H3,(H,61,69)/t30-,37-,39-,41+,42-,45?/m0/s1. The molecule has 17 nitrogen and oxygen atoms in total. The predicted octanol–water partition coefficient (Wildman–Crippen LogP) is 6.80. The van der Waals surface area contributed by atoms with Crippen molar-refractivity contribution >= 4 is 40.6 Å². The van der Waals surface area contributed by atoms with Gasteiger partial charge in [0.05, 0.1) is 55.1 Å². The number of fused-ring (bicyclic) bond motifs is 7. The number of likely N-dealkylation sites (tertiary alicyclic amines) is 1. The van der Waals surface area contributed by atoms with Crippen molar-refractivity contribution in [3.05, 3.63) is 83.8 Å². The number of rotatable bonds is 10. The molecule has 8 rings (SSSR count). The van der Waals surface area contributed by atoms with Crippen LogP contribution in [0.5, 0.6) is 0 Å². The molecule has 4 aliphatic heterocycles. The van der Waals surface area contributed by atoms with Gasteiger partial charge in [0.15, 0.2) is 0 Å². The third kappa shape index (κ3) is 11.7. The first kappa shape index (κ1) is 54.7. The average Bonchev–Trinajstić information content (AvgIpc) is 3.94. The van der Waals surface area contributed by atoms with Crippen molar-refractivity contribution in [2.24, 2.45) is 11.3 Å². The number of halogens is 5. The maximum absolute atomic E-state index is 15.0. The molecule has 3 saturated heterocycles. The monoisotopic (exact) mass is 1050 g/mol. The lowest BCUT2D eigenvalue weighted by atomic mass is 9.84. The molecule has 6 atom stereocenters. The van der Waals surface area contributed by atoms with Crippen LogP contribution in [0.3, 0.4) is 0 Å². The van der Waals surface area contributed by atoms with E-state index >= 15 is 8.78 Å². The molecule has 22 heteroatoms. The largest absolute Gasteiger partial charge is 0.464 e. The van der Waals surface area contributed by atoms with Gasteiger partial charge in [0.1, 0.15) is 24.7 Å². The molecule has 404 valence electrons. The quantitative estimate of drug-likeness (QED) is 0.0970. The Morgan fingerprint density at radius 3 is 2.53 bits per heavy atom. The minimum absolute atomic E-state index is 0.0211. The van der Waals surface area contributed by atoms with Crippen molar-refractivity contribution in [1.82, 2.24) is 45.0 Å². The molecule has 0 radical (unpaired) electrons. The van der Waals surface area contributed by atoms with Crippen LogP contribution >= 0.6 is 0 Å². The summed E-state index contributed by atoms with van der Waals surface area (Å²) in [6, 6.07) is 5.46. The van der Waals surface area contributed by atoms with Crippen LogP contribution in [0.1, 0.15) is 82.5 Å². The fourth-order valence-corrected chi connectivity index (χ4v) is 10.8. The number of methoxy groups -OCH3 is 1. The molecule has 7 heterocycles. The zero-order valence-electron chi connectivity index (χ0n) is 43.1. The van der Waals surface area contributed by atoms with Crippen LogP contribution in [0.2, 0.25) is 0 Å². The van der Waals surface area contributed by atoms with Gasteiger partial charge in [-0.3, -0.25) is 34.2 Å². The molecule has 0 spiro atoms. The normalized spacial score (nSPS) is 22.1. The van der Waals surface area contributed by atoms with Gasteiger partial charge >= 0.3 is 18.2 Å². The summed E-state index contributed by atoms with van der Waals surface area (Å²) >= 11 is 0. The van der Waals surface area contributed by atoms with E-state index in [-0.39, 0.29) is 79.8 Å². The van der Waals surface area contributed by atoms with E-state index in [2.05, 4.69) is 22.3 Å². The highest BCUT2D eigenvalue weighted by molar-refractivity contribution is 5.96. The lowest BCUT2D eigenvalue weighted by Crippen LogP contribution is -2.62. The Balaban J connectivity index is 1.22. The van der Waals surface area contributed by atoms with E-state index in [1.54, 1.807) is 57.7 Å². The molecule has 1 aromatic carbocycles. The minimum atomic E-state index is -4.70. The van der Waals surface area contributed by atoms with Crippen LogP contribution in [-0.2, 0) is 52.8 Å². The van der Waals surface area contributed by atoms with Gasteiger partial charge in [-0.05, 0) is 80.1 Å². The highest BCUT2D eigenvalue weighted by Crippen LogP contribution is 2.43. The highest BCUT2D eigenvalue weighted by atomic mass is 19.4. The molecule has 2 N–H and O–H groups in total. The third-order valence-corrected chi connectivity index (χ3v) is 14.5. The van der Waals surface area contributed by atoms with E-state index in [0.717, 1.165) is 10.6 Å². The zero-order chi connectivity index (χ0) is 54.3. The fourth-order valence-electron chi connectivity index (χ4n) is 10.8. The molecule has 0 saturated carbocycles. The van der Waals surface area contributed by atoms with Crippen LogP contribution in [0.4, 0.5) is 26.7 Å². The second kappa shape index (κ2) is 22.0. The number of alkyl halides is 5. The number of hydrogen-bond donors (Lipinski definition) is 2. The van der Waals surface area contributed by atoms with Crippen LogP contribution in [0.25, 0.3) is 33.4 Å². The zero-order valence-corrected chi connectivity index (χ0v) is 43.1. The van der Waals surface area contributed by atoms with Crippen molar-refractivity contribution in [3.8, 4) is 22.5 Å². The maximum atomic E-state index is 15.0. The Morgan fingerprint density at radius 1 is 1.08 bits per heavy atom. The SMILES string of the molecule is C=CC(=O)N1CCO[C@H]2CN(C(=O)N(C)C(C(=O)N[C@H]3Cc4cc(C(F)F)cc(n4)-c4ccc5c(c4)c(c(-c4cccnc4[C@H](C)OC)n5CC(F)(F)F)CC(C)(C)COC(=O)[C@@H]4CCCN(N4)C3=O)C(C)C)C[C@H]21. The Hall–Kier alpha value is -6.52. The van der Waals surface area contributed by atoms with E-state index in [9.17, 15) is 37.1 Å². The number of esters is 1. The Labute approximate surface area is 431 Å². The summed E-state index contributed by atoms with van der Waals surface area (Å²) in [6.45, 7) is 11.7. The summed E-state index contributed by atoms with van der Waals surface area (Å²) in [5.74, 6) is -3.00. The first-order chi connectivity index (χ1) is 35.5. The molecule has 75 heavy (non-hydrogen) atoms. The summed E-state index contributed by atoms with van der Waals surface area (Å²) in [4.78, 5) is 84.2. The summed E-state index contributed by atoms with van der Waals surface area (Å²) in [5.41, 5.74) is 3.37. The molecular weight excluding hydrogens is 986 g/mol. The van der Waals surface area contributed by atoms with Crippen molar-refractivity contribution in [1.29, 1.82) is 0 Å². The van der Waals surface area contributed by atoms with E-state index in [1.165, 1.54) is 59.4 Å². The lowest BCUT2D eigenvalue weighted by molar-refractivity contribution is -0.155. The van der Waals surface area contributed by atoms with Gasteiger partial charge in [0.25, 0.3) is 12.3 Å². The molecule has 3 aromatic heterocycles. The first-order valence-electron chi connectivity index (χ1n) is 25.1. The number of urea groups is 1. The highest BCUT2D eigenvalue weighted by Gasteiger charge is 2.46. The van der Waals surface area contributed by atoms with Crippen LogP contribution in [0, 0.1) is 11.3 Å². The molecule has 1 unspecified atom stereocenters. The minimum Gasteiger partial charge on any atom is -0.464 e. The molecular formula is C53H64F5N9O8. The number of hydrazine groups is 1. The van der Waals surface area contributed by atoms with Crippen LogP contribution < -0.4 is 10.7 Å². The number of hydrogen-bond acceptors (Lipinski definition) is 11. The third-order valence-electron chi connectivity index (χ3n) is 14.5. The first-order valence-corrected chi connectivity index (χ1v) is 25.1. The van der Waals surface area contributed by atoms with E-state index in [0.29, 0.717) is 35.2 Å². The summed E-state index contributed by atoms with van der Waals surface area (Å²) in [6.07, 6.45) is -5.92. The van der Waals surface area contributed by atoms with Gasteiger partial charge < -0.3 is 38.8 Å². The maximum Gasteiger partial charge on any atom is 0.406 e. The number of morpholine rings is 1.